The van der Waals surface area contributed by atoms with E-state index >= 15 is 0 Å². The topological polar surface area (TPSA) is 48.4 Å². The second-order valence-corrected chi connectivity index (χ2v) is 3.96. The zero-order chi connectivity index (χ0) is 13.7. The van der Waals surface area contributed by atoms with Crippen molar-refractivity contribution in [2.75, 3.05) is 14.2 Å². The summed E-state index contributed by atoms with van der Waals surface area (Å²) in [6.07, 6.45) is 1.89. The second-order valence-electron chi connectivity index (χ2n) is 3.96. The molecule has 4 nitrogen and oxygen atoms in total. The SMILES string of the molecule is COc1cccc(OC)c1C(=O)Cc1ccccn1. The lowest BCUT2D eigenvalue weighted by Crippen LogP contribution is -2.08. The van der Waals surface area contributed by atoms with Crippen LogP contribution in [-0.2, 0) is 6.42 Å². The molecule has 0 N–H and O–H groups in total. The fourth-order valence-electron chi connectivity index (χ4n) is 1.88. The fourth-order valence-corrected chi connectivity index (χ4v) is 1.88. The first-order valence-electron chi connectivity index (χ1n) is 5.90. The number of hydrogen-bond acceptors (Lipinski definition) is 4. The van der Waals surface area contributed by atoms with Crippen LogP contribution in [0.2, 0.25) is 0 Å². The molecule has 0 aliphatic carbocycles. The summed E-state index contributed by atoms with van der Waals surface area (Å²) in [4.78, 5) is 16.5. The molecule has 98 valence electrons. The van der Waals surface area contributed by atoms with Crippen LogP contribution in [0.1, 0.15) is 16.1 Å². The molecule has 0 radical (unpaired) electrons. The quantitative estimate of drug-likeness (QED) is 0.772. The van der Waals surface area contributed by atoms with Gasteiger partial charge in [-0.25, -0.2) is 0 Å². The Morgan fingerprint density at radius 3 is 2.26 bits per heavy atom. The van der Waals surface area contributed by atoms with Crippen molar-refractivity contribution < 1.29 is 14.3 Å². The van der Waals surface area contributed by atoms with Gasteiger partial charge in [0.25, 0.3) is 0 Å². The van der Waals surface area contributed by atoms with Gasteiger partial charge < -0.3 is 9.47 Å². The summed E-state index contributed by atoms with van der Waals surface area (Å²) in [6.45, 7) is 0. The van der Waals surface area contributed by atoms with E-state index in [9.17, 15) is 4.79 Å². The first kappa shape index (κ1) is 13.1. The van der Waals surface area contributed by atoms with Gasteiger partial charge >= 0.3 is 0 Å². The Morgan fingerprint density at radius 1 is 1.05 bits per heavy atom. The molecule has 2 aromatic rings. The van der Waals surface area contributed by atoms with Gasteiger partial charge in [0.05, 0.1) is 20.6 Å². The molecule has 0 amide bonds. The monoisotopic (exact) mass is 257 g/mol. The van der Waals surface area contributed by atoms with Crippen molar-refractivity contribution in [2.45, 2.75) is 6.42 Å². The van der Waals surface area contributed by atoms with E-state index in [1.807, 2.05) is 18.2 Å². The van der Waals surface area contributed by atoms with Crippen molar-refractivity contribution in [1.29, 1.82) is 0 Å². The van der Waals surface area contributed by atoms with Crippen LogP contribution < -0.4 is 9.47 Å². The van der Waals surface area contributed by atoms with Crippen molar-refractivity contribution in [1.82, 2.24) is 4.98 Å². The Bertz CT molecular complexity index is 545. The van der Waals surface area contributed by atoms with Crippen LogP contribution >= 0.6 is 0 Å². The van der Waals surface area contributed by atoms with E-state index in [4.69, 9.17) is 9.47 Å². The molecule has 0 spiro atoms. The first-order valence-corrected chi connectivity index (χ1v) is 5.90. The molecule has 0 saturated carbocycles. The van der Waals surface area contributed by atoms with Crippen molar-refractivity contribution in [3.63, 3.8) is 0 Å². The van der Waals surface area contributed by atoms with Gasteiger partial charge in [0.15, 0.2) is 5.78 Å². The normalized spacial score (nSPS) is 10.0. The van der Waals surface area contributed by atoms with E-state index in [1.54, 1.807) is 24.4 Å². The molecule has 0 bridgehead atoms. The van der Waals surface area contributed by atoms with Crippen molar-refractivity contribution in [3.8, 4) is 11.5 Å². The molecule has 19 heavy (non-hydrogen) atoms. The summed E-state index contributed by atoms with van der Waals surface area (Å²) in [5, 5.41) is 0. The van der Waals surface area contributed by atoms with Crippen LogP contribution in [0.4, 0.5) is 0 Å². The number of carbonyl (C=O) groups is 1. The molecule has 0 unspecified atom stereocenters. The largest absolute Gasteiger partial charge is 0.496 e. The Labute approximate surface area is 112 Å². The number of Topliss-reactive ketones (excluding diaryl/α,β-unsaturated/α-hetero) is 1. The van der Waals surface area contributed by atoms with Gasteiger partial charge in [0.1, 0.15) is 17.1 Å². The minimum Gasteiger partial charge on any atom is -0.496 e. The molecular weight excluding hydrogens is 242 g/mol. The first-order chi connectivity index (χ1) is 9.26. The number of hydrogen-bond donors (Lipinski definition) is 0. The third-order valence-electron chi connectivity index (χ3n) is 2.77. The van der Waals surface area contributed by atoms with E-state index in [2.05, 4.69) is 4.98 Å². The van der Waals surface area contributed by atoms with Crippen LogP contribution in [0, 0.1) is 0 Å². The fraction of sp³-hybridized carbons (Fsp3) is 0.200. The van der Waals surface area contributed by atoms with Crippen LogP contribution in [0.15, 0.2) is 42.6 Å². The number of pyridine rings is 1. The summed E-state index contributed by atoms with van der Waals surface area (Å²) >= 11 is 0. The summed E-state index contributed by atoms with van der Waals surface area (Å²) in [5.41, 5.74) is 1.18. The smallest absolute Gasteiger partial charge is 0.176 e. The van der Waals surface area contributed by atoms with E-state index in [0.29, 0.717) is 17.1 Å². The van der Waals surface area contributed by atoms with E-state index < -0.39 is 0 Å². The second kappa shape index (κ2) is 6.00. The van der Waals surface area contributed by atoms with Crippen molar-refractivity contribution in [3.05, 3.63) is 53.9 Å². The van der Waals surface area contributed by atoms with Crippen LogP contribution in [0.25, 0.3) is 0 Å². The van der Waals surface area contributed by atoms with Gasteiger partial charge in [-0.15, -0.1) is 0 Å². The Kier molecular flexibility index (Phi) is 4.13. The lowest BCUT2D eigenvalue weighted by atomic mass is 10.0. The number of ketones is 1. The molecular formula is C15H15NO3. The predicted octanol–water partition coefficient (Wildman–Crippen LogP) is 2.52. The number of benzene rings is 1. The maximum atomic E-state index is 12.4. The van der Waals surface area contributed by atoms with Gasteiger partial charge in [0, 0.05) is 11.9 Å². The molecule has 0 aliphatic heterocycles. The average Bonchev–Trinajstić information content (AvgIpc) is 2.47. The summed E-state index contributed by atoms with van der Waals surface area (Å²) < 4.78 is 10.5. The Morgan fingerprint density at radius 2 is 1.74 bits per heavy atom. The highest BCUT2D eigenvalue weighted by molar-refractivity contribution is 6.02. The number of nitrogens with zero attached hydrogens (tertiary/aromatic N) is 1. The van der Waals surface area contributed by atoms with Gasteiger partial charge in [0.2, 0.25) is 0 Å². The summed E-state index contributed by atoms with van der Waals surface area (Å²) in [7, 11) is 3.07. The van der Waals surface area contributed by atoms with E-state index in [0.717, 1.165) is 5.69 Å². The van der Waals surface area contributed by atoms with Gasteiger partial charge in [-0.05, 0) is 24.3 Å². The average molecular weight is 257 g/mol. The predicted molar refractivity (Wildman–Crippen MR) is 71.8 cm³/mol. The third-order valence-corrected chi connectivity index (χ3v) is 2.77. The highest BCUT2D eigenvalue weighted by Crippen LogP contribution is 2.29. The number of rotatable bonds is 5. The summed E-state index contributed by atoms with van der Waals surface area (Å²) in [5.74, 6) is 0.952. The van der Waals surface area contributed by atoms with Crippen LogP contribution in [0.3, 0.4) is 0 Å². The molecule has 0 saturated heterocycles. The maximum absolute atomic E-state index is 12.4. The van der Waals surface area contributed by atoms with Crippen molar-refractivity contribution >= 4 is 5.78 Å². The zero-order valence-electron chi connectivity index (χ0n) is 10.9. The number of carbonyl (C=O) groups excluding carboxylic acids is 1. The lowest BCUT2D eigenvalue weighted by molar-refractivity contribution is 0.0986. The highest BCUT2D eigenvalue weighted by Gasteiger charge is 2.18. The molecule has 0 atom stereocenters. The van der Waals surface area contributed by atoms with E-state index in [-0.39, 0.29) is 12.2 Å². The maximum Gasteiger partial charge on any atom is 0.176 e. The molecule has 4 heteroatoms. The highest BCUT2D eigenvalue weighted by atomic mass is 16.5. The molecule has 0 fully saturated rings. The van der Waals surface area contributed by atoms with Gasteiger partial charge in [-0.3, -0.25) is 9.78 Å². The van der Waals surface area contributed by atoms with Gasteiger partial charge in [-0.2, -0.15) is 0 Å². The van der Waals surface area contributed by atoms with Crippen molar-refractivity contribution in [2.24, 2.45) is 0 Å². The molecule has 1 heterocycles. The summed E-state index contributed by atoms with van der Waals surface area (Å²) in [6, 6.07) is 10.8. The third kappa shape index (κ3) is 2.91. The van der Waals surface area contributed by atoms with Crippen LogP contribution in [-0.4, -0.2) is 25.0 Å². The van der Waals surface area contributed by atoms with Gasteiger partial charge in [-0.1, -0.05) is 12.1 Å². The lowest BCUT2D eigenvalue weighted by Gasteiger charge is -2.11. The standard InChI is InChI=1S/C15H15NO3/c1-18-13-7-5-8-14(19-2)15(13)12(17)10-11-6-3-4-9-16-11/h3-9H,10H2,1-2H3. The molecule has 2 rings (SSSR count). The number of aromatic nitrogens is 1. The minimum absolute atomic E-state index is 0.0759. The molecule has 0 aliphatic rings. The molecule has 1 aromatic heterocycles. The number of methoxy groups -OCH3 is 2. The minimum atomic E-state index is -0.0759. The Balaban J connectivity index is 2.33. The zero-order valence-corrected chi connectivity index (χ0v) is 10.9. The molecule has 1 aromatic carbocycles. The Hall–Kier alpha value is -2.36. The van der Waals surface area contributed by atoms with Crippen LogP contribution in [0.5, 0.6) is 11.5 Å². The number of ether oxygens (including phenoxy) is 2. The van der Waals surface area contributed by atoms with E-state index in [1.165, 1.54) is 14.2 Å².